The number of nitrogens with zero attached hydrogens (tertiary/aromatic N) is 2. The molecule has 0 unspecified atom stereocenters. The molecule has 1 aliphatic carbocycles. The smallest absolute Gasteiger partial charge is 0.135 e. The zero-order valence-electron chi connectivity index (χ0n) is 12.9. The summed E-state index contributed by atoms with van der Waals surface area (Å²) < 4.78 is 2.46. The molecule has 2 nitrogen and oxygen atoms in total. The highest BCUT2D eigenvalue weighted by molar-refractivity contribution is 5.61. The van der Waals surface area contributed by atoms with Crippen molar-refractivity contribution in [1.29, 1.82) is 0 Å². The van der Waals surface area contributed by atoms with Crippen molar-refractivity contribution in [1.82, 2.24) is 4.57 Å². The number of fused-ring (bicyclic) bond motifs is 1. The minimum absolute atomic E-state index is 0.840. The Morgan fingerprint density at radius 3 is 2.95 bits per heavy atom. The van der Waals surface area contributed by atoms with Crippen molar-refractivity contribution in [2.24, 2.45) is 16.8 Å². The minimum Gasteiger partial charge on any atom is -0.326 e. The van der Waals surface area contributed by atoms with E-state index in [2.05, 4.69) is 37.1 Å². The highest BCUT2D eigenvalue weighted by Gasteiger charge is 2.26. The molecule has 20 heavy (non-hydrogen) atoms. The molecule has 0 saturated heterocycles. The van der Waals surface area contributed by atoms with Crippen LogP contribution in [0.1, 0.15) is 51.6 Å². The van der Waals surface area contributed by atoms with Gasteiger partial charge < -0.3 is 4.57 Å². The lowest BCUT2D eigenvalue weighted by molar-refractivity contribution is 0.185. The molecule has 0 radical (unpaired) electrons. The lowest BCUT2D eigenvalue weighted by Crippen LogP contribution is -2.36. The summed E-state index contributed by atoms with van der Waals surface area (Å²) in [6, 6.07) is 2.32. The van der Waals surface area contributed by atoms with Gasteiger partial charge in [0, 0.05) is 24.0 Å². The van der Waals surface area contributed by atoms with E-state index in [9.17, 15) is 0 Å². The van der Waals surface area contributed by atoms with Crippen LogP contribution in [0.2, 0.25) is 0 Å². The molecule has 1 aromatic rings. The van der Waals surface area contributed by atoms with Crippen LogP contribution < -0.4 is 10.7 Å². The average molecular weight is 270 g/mol. The molecule has 2 heterocycles. The Morgan fingerprint density at radius 2 is 2.25 bits per heavy atom. The second kappa shape index (κ2) is 5.59. The Bertz CT molecular complexity index is 615. The Morgan fingerprint density at radius 1 is 1.45 bits per heavy atom. The van der Waals surface area contributed by atoms with Gasteiger partial charge in [-0.25, -0.2) is 0 Å². The van der Waals surface area contributed by atoms with Crippen molar-refractivity contribution >= 4 is 11.6 Å². The molecule has 1 fully saturated rings. The lowest BCUT2D eigenvalue weighted by atomic mass is 9.76. The van der Waals surface area contributed by atoms with E-state index < -0.39 is 0 Å². The lowest BCUT2D eigenvalue weighted by Gasteiger charge is -2.33. The van der Waals surface area contributed by atoms with Gasteiger partial charge in [-0.1, -0.05) is 32.9 Å². The summed E-state index contributed by atoms with van der Waals surface area (Å²) in [6.07, 6.45) is 8.41. The van der Waals surface area contributed by atoms with Gasteiger partial charge in [0.05, 0.1) is 0 Å². The number of rotatable bonds is 5. The maximum Gasteiger partial charge on any atom is 0.135 e. The first-order chi connectivity index (χ1) is 9.69. The predicted octanol–water partition coefficient (Wildman–Crippen LogP) is 3.15. The van der Waals surface area contributed by atoms with Gasteiger partial charge in [0.1, 0.15) is 5.49 Å². The van der Waals surface area contributed by atoms with Gasteiger partial charge in [0.25, 0.3) is 0 Å². The van der Waals surface area contributed by atoms with Crippen molar-refractivity contribution in [2.75, 3.05) is 6.54 Å². The van der Waals surface area contributed by atoms with E-state index in [4.69, 9.17) is 4.99 Å². The van der Waals surface area contributed by atoms with Crippen LogP contribution in [0.3, 0.4) is 0 Å². The van der Waals surface area contributed by atoms with E-state index >= 15 is 0 Å². The van der Waals surface area contributed by atoms with Crippen LogP contribution in [0.5, 0.6) is 0 Å². The molecule has 2 heteroatoms. The van der Waals surface area contributed by atoms with Crippen LogP contribution in [0.4, 0.5) is 0 Å². The molecule has 1 aromatic heterocycles. The van der Waals surface area contributed by atoms with Gasteiger partial charge in [-0.05, 0) is 49.2 Å². The molecule has 0 N–H and O–H groups in total. The third-order valence-electron chi connectivity index (χ3n) is 4.68. The number of allylic oxidation sites excluding steroid dienone is 1. The number of aromatic nitrogens is 1. The maximum atomic E-state index is 4.78. The van der Waals surface area contributed by atoms with Gasteiger partial charge in [-0.2, -0.15) is 0 Å². The minimum atomic E-state index is 0.840. The van der Waals surface area contributed by atoms with Gasteiger partial charge in [-0.15, -0.1) is 0 Å². The normalized spacial score (nSPS) is 24.3. The van der Waals surface area contributed by atoms with Crippen LogP contribution in [-0.2, 0) is 6.54 Å². The number of hydrogen-bond donors (Lipinski definition) is 0. The molecular formula is C18H26N2. The van der Waals surface area contributed by atoms with Crippen LogP contribution >= 0.6 is 0 Å². The molecule has 0 amide bonds. The van der Waals surface area contributed by atoms with Gasteiger partial charge in [0.15, 0.2) is 0 Å². The summed E-state index contributed by atoms with van der Waals surface area (Å²) in [5.41, 5.74) is 3.82. The van der Waals surface area contributed by atoms with Crippen molar-refractivity contribution in [3.63, 3.8) is 0 Å². The SMILES string of the molecule is C=C(CCC)c1cc2c(n1CC1CC(C)C1)=NCCC=2. The molecular weight excluding hydrogens is 244 g/mol. The van der Waals surface area contributed by atoms with E-state index in [1.807, 2.05) is 0 Å². The third kappa shape index (κ3) is 2.48. The van der Waals surface area contributed by atoms with E-state index in [0.29, 0.717) is 0 Å². The van der Waals surface area contributed by atoms with Gasteiger partial charge in [0.2, 0.25) is 0 Å². The standard InChI is InChI=1S/C18H26N2/c1-4-6-14(3)17-11-16-7-5-8-19-18(16)20(17)12-15-9-13(2)10-15/h7,11,13,15H,3-6,8-10,12H2,1-2H3. The van der Waals surface area contributed by atoms with Crippen LogP contribution in [0.25, 0.3) is 11.6 Å². The fourth-order valence-corrected chi connectivity index (χ4v) is 3.66. The number of hydrogen-bond acceptors (Lipinski definition) is 1. The fourth-order valence-electron chi connectivity index (χ4n) is 3.66. The Kier molecular flexibility index (Phi) is 3.82. The molecule has 0 spiro atoms. The Labute approximate surface area is 121 Å². The highest BCUT2D eigenvalue weighted by Crippen LogP contribution is 2.34. The van der Waals surface area contributed by atoms with E-state index in [1.165, 1.54) is 34.8 Å². The van der Waals surface area contributed by atoms with Crippen molar-refractivity contribution in [2.45, 2.75) is 52.5 Å². The van der Waals surface area contributed by atoms with Crippen molar-refractivity contribution in [3.8, 4) is 0 Å². The maximum absolute atomic E-state index is 4.78. The Balaban J connectivity index is 1.96. The predicted molar refractivity (Wildman–Crippen MR) is 85.0 cm³/mol. The van der Waals surface area contributed by atoms with Crippen molar-refractivity contribution in [3.05, 3.63) is 29.0 Å². The van der Waals surface area contributed by atoms with Crippen LogP contribution in [0.15, 0.2) is 17.6 Å². The molecule has 1 saturated carbocycles. The topological polar surface area (TPSA) is 17.3 Å². The van der Waals surface area contributed by atoms with Crippen LogP contribution in [-0.4, -0.2) is 11.1 Å². The molecule has 0 atom stereocenters. The summed E-state index contributed by atoms with van der Waals surface area (Å²) >= 11 is 0. The van der Waals surface area contributed by atoms with E-state index in [0.717, 1.165) is 44.2 Å². The summed E-state index contributed by atoms with van der Waals surface area (Å²) in [5.74, 6) is 1.75. The van der Waals surface area contributed by atoms with Crippen molar-refractivity contribution < 1.29 is 0 Å². The molecule has 0 bridgehead atoms. The van der Waals surface area contributed by atoms with Gasteiger partial charge in [-0.3, -0.25) is 4.99 Å². The third-order valence-corrected chi connectivity index (χ3v) is 4.68. The first kappa shape index (κ1) is 13.7. The average Bonchev–Trinajstić information content (AvgIpc) is 2.76. The first-order valence-corrected chi connectivity index (χ1v) is 8.11. The van der Waals surface area contributed by atoms with Crippen LogP contribution in [0, 0.1) is 11.8 Å². The van der Waals surface area contributed by atoms with E-state index in [-0.39, 0.29) is 0 Å². The molecule has 2 aliphatic rings. The first-order valence-electron chi connectivity index (χ1n) is 8.11. The molecule has 3 rings (SSSR count). The van der Waals surface area contributed by atoms with E-state index in [1.54, 1.807) is 0 Å². The highest BCUT2D eigenvalue weighted by atomic mass is 15.0. The quantitative estimate of drug-likeness (QED) is 0.782. The summed E-state index contributed by atoms with van der Waals surface area (Å²) in [6.45, 7) is 11.0. The summed E-state index contributed by atoms with van der Waals surface area (Å²) in [7, 11) is 0. The largest absolute Gasteiger partial charge is 0.326 e. The molecule has 0 aromatic carbocycles. The zero-order valence-corrected chi connectivity index (χ0v) is 12.9. The second-order valence-corrected chi connectivity index (χ2v) is 6.59. The summed E-state index contributed by atoms with van der Waals surface area (Å²) in [5, 5.41) is 1.33. The molecule has 1 aliphatic heterocycles. The van der Waals surface area contributed by atoms with Gasteiger partial charge >= 0.3 is 0 Å². The monoisotopic (exact) mass is 270 g/mol. The Hall–Kier alpha value is -1.31. The summed E-state index contributed by atoms with van der Waals surface area (Å²) in [4.78, 5) is 4.78. The zero-order chi connectivity index (χ0) is 14.1. The fraction of sp³-hybridized carbons (Fsp3) is 0.611. The second-order valence-electron chi connectivity index (χ2n) is 6.59. The molecule has 108 valence electrons.